The molecule has 1 N–H and O–H groups in total. The third kappa shape index (κ3) is 3.26. The second kappa shape index (κ2) is 5.78. The molecule has 0 aliphatic rings. The highest BCUT2D eigenvalue weighted by Crippen LogP contribution is 2.31. The highest BCUT2D eigenvalue weighted by atomic mass is 19.4. The first-order valence-corrected chi connectivity index (χ1v) is 6.53. The van der Waals surface area contributed by atoms with Crippen molar-refractivity contribution in [3.63, 3.8) is 0 Å². The predicted molar refractivity (Wildman–Crippen MR) is 71.6 cm³/mol. The molecule has 118 valence electrons. The standard InChI is InChI=1S/C14H14F3N3O2/c1-8(2)10-5-3-9(4-6-10)7-20-12(14(15,16)17)11(13(21)22)18-19-20/h3-6,8H,7H2,1-2H3,(H,21,22). The van der Waals surface area contributed by atoms with Crippen molar-refractivity contribution in [3.05, 3.63) is 46.8 Å². The summed E-state index contributed by atoms with van der Waals surface area (Å²) in [6.07, 6.45) is -4.84. The second-order valence-corrected chi connectivity index (χ2v) is 5.14. The van der Waals surface area contributed by atoms with Crippen molar-refractivity contribution in [1.82, 2.24) is 15.0 Å². The lowest BCUT2D eigenvalue weighted by Gasteiger charge is -2.11. The normalized spacial score (nSPS) is 11.9. The van der Waals surface area contributed by atoms with Crippen molar-refractivity contribution in [3.8, 4) is 0 Å². The molecule has 1 heterocycles. The van der Waals surface area contributed by atoms with Gasteiger partial charge in [-0.05, 0) is 17.0 Å². The Kier molecular flexibility index (Phi) is 4.20. The predicted octanol–water partition coefficient (Wildman–Crippen LogP) is 3.17. The van der Waals surface area contributed by atoms with Gasteiger partial charge in [0, 0.05) is 0 Å². The Morgan fingerprint density at radius 3 is 2.32 bits per heavy atom. The van der Waals surface area contributed by atoms with Crippen LogP contribution in [0.2, 0.25) is 0 Å². The van der Waals surface area contributed by atoms with Crippen molar-refractivity contribution < 1.29 is 23.1 Å². The molecule has 1 aromatic heterocycles. The van der Waals surface area contributed by atoms with Crippen molar-refractivity contribution in [2.45, 2.75) is 32.5 Å². The third-order valence-electron chi connectivity index (χ3n) is 3.18. The molecule has 0 radical (unpaired) electrons. The average molecular weight is 313 g/mol. The van der Waals surface area contributed by atoms with Crippen molar-refractivity contribution >= 4 is 5.97 Å². The van der Waals surface area contributed by atoms with Crippen molar-refractivity contribution in [2.24, 2.45) is 0 Å². The summed E-state index contributed by atoms with van der Waals surface area (Å²) in [6.45, 7) is 3.81. The molecule has 8 heteroatoms. The highest BCUT2D eigenvalue weighted by molar-refractivity contribution is 5.86. The van der Waals surface area contributed by atoms with E-state index in [4.69, 9.17) is 5.11 Å². The summed E-state index contributed by atoms with van der Waals surface area (Å²) in [5.41, 5.74) is -0.805. The summed E-state index contributed by atoms with van der Waals surface area (Å²) in [4.78, 5) is 10.8. The quantitative estimate of drug-likeness (QED) is 0.941. The molecule has 0 saturated heterocycles. The number of carboxylic acids is 1. The first kappa shape index (κ1) is 16.0. The lowest BCUT2D eigenvalue weighted by atomic mass is 10.0. The number of carbonyl (C=O) groups is 1. The Bertz CT molecular complexity index is 676. The third-order valence-corrected chi connectivity index (χ3v) is 3.18. The van der Waals surface area contributed by atoms with Crippen LogP contribution in [0.3, 0.4) is 0 Å². The maximum atomic E-state index is 13.0. The maximum absolute atomic E-state index is 13.0. The Hall–Kier alpha value is -2.38. The van der Waals surface area contributed by atoms with Gasteiger partial charge in [-0.3, -0.25) is 0 Å². The molecule has 0 saturated carbocycles. The Morgan fingerprint density at radius 1 is 1.27 bits per heavy atom. The van der Waals surface area contributed by atoms with Crippen LogP contribution in [-0.2, 0) is 12.7 Å². The van der Waals surface area contributed by atoms with E-state index >= 15 is 0 Å². The molecule has 0 bridgehead atoms. The fourth-order valence-electron chi connectivity index (χ4n) is 2.03. The van der Waals surface area contributed by atoms with E-state index in [1.54, 1.807) is 12.1 Å². The van der Waals surface area contributed by atoms with Crippen LogP contribution >= 0.6 is 0 Å². The van der Waals surface area contributed by atoms with Crippen molar-refractivity contribution in [2.75, 3.05) is 0 Å². The lowest BCUT2D eigenvalue weighted by molar-refractivity contribution is -0.144. The monoisotopic (exact) mass is 313 g/mol. The topological polar surface area (TPSA) is 68.0 Å². The molecule has 5 nitrogen and oxygen atoms in total. The molecule has 0 aliphatic heterocycles. The van der Waals surface area contributed by atoms with E-state index in [9.17, 15) is 18.0 Å². The fraction of sp³-hybridized carbons (Fsp3) is 0.357. The first-order valence-electron chi connectivity index (χ1n) is 6.53. The molecule has 0 amide bonds. The summed E-state index contributed by atoms with van der Waals surface area (Å²) >= 11 is 0. The zero-order valence-corrected chi connectivity index (χ0v) is 11.9. The Labute approximate surface area is 124 Å². The molecule has 2 rings (SSSR count). The minimum absolute atomic E-state index is 0.201. The number of aromatic nitrogens is 3. The minimum Gasteiger partial charge on any atom is -0.476 e. The number of benzene rings is 1. The van der Waals surface area contributed by atoms with Gasteiger partial charge in [0.2, 0.25) is 5.69 Å². The van der Waals surface area contributed by atoms with Crippen molar-refractivity contribution in [1.29, 1.82) is 0 Å². The van der Waals surface area contributed by atoms with Crippen LogP contribution in [0.15, 0.2) is 24.3 Å². The molecular weight excluding hydrogens is 299 g/mol. The summed E-state index contributed by atoms with van der Waals surface area (Å²) in [7, 11) is 0. The van der Waals surface area contributed by atoms with Crippen LogP contribution in [0.1, 0.15) is 47.1 Å². The molecular formula is C14H14F3N3O2. The SMILES string of the molecule is CC(C)c1ccc(Cn2nnc(C(=O)O)c2C(F)(F)F)cc1. The van der Waals surface area contributed by atoms with E-state index in [0.29, 0.717) is 16.2 Å². The van der Waals surface area contributed by atoms with Gasteiger partial charge in [0.25, 0.3) is 0 Å². The van der Waals surface area contributed by atoms with Gasteiger partial charge in [0.15, 0.2) is 5.69 Å². The number of alkyl halides is 3. The zero-order valence-electron chi connectivity index (χ0n) is 11.9. The highest BCUT2D eigenvalue weighted by Gasteiger charge is 2.41. The largest absolute Gasteiger partial charge is 0.476 e. The van der Waals surface area contributed by atoms with Gasteiger partial charge in [-0.25, -0.2) is 9.48 Å². The summed E-state index contributed by atoms with van der Waals surface area (Å²) in [5, 5.41) is 15.2. The molecule has 0 unspecified atom stereocenters. The van der Waals surface area contributed by atoms with E-state index in [-0.39, 0.29) is 6.54 Å². The molecule has 0 fully saturated rings. The number of aromatic carboxylic acids is 1. The van der Waals surface area contributed by atoms with E-state index in [0.717, 1.165) is 5.56 Å². The Balaban J connectivity index is 2.35. The minimum atomic E-state index is -4.84. The van der Waals surface area contributed by atoms with E-state index in [1.807, 2.05) is 26.0 Å². The molecule has 0 aliphatic carbocycles. The number of nitrogens with zero attached hydrogens (tertiary/aromatic N) is 3. The number of carboxylic acid groups (broad SMARTS) is 1. The molecule has 0 atom stereocenters. The van der Waals surface area contributed by atoms with Gasteiger partial charge in [0.1, 0.15) is 0 Å². The Morgan fingerprint density at radius 2 is 1.86 bits per heavy atom. The van der Waals surface area contributed by atoms with Crippen LogP contribution in [0.25, 0.3) is 0 Å². The van der Waals surface area contributed by atoms with Gasteiger partial charge in [-0.1, -0.05) is 43.3 Å². The van der Waals surface area contributed by atoms with Crippen LogP contribution in [0, 0.1) is 0 Å². The zero-order chi connectivity index (χ0) is 16.5. The lowest BCUT2D eigenvalue weighted by Crippen LogP contribution is -2.18. The van der Waals surface area contributed by atoms with Crippen LogP contribution in [0.5, 0.6) is 0 Å². The molecule has 0 spiro atoms. The summed E-state index contributed by atoms with van der Waals surface area (Å²) in [5.74, 6) is -1.45. The number of hydrogen-bond acceptors (Lipinski definition) is 3. The van der Waals surface area contributed by atoms with Gasteiger partial charge in [-0.2, -0.15) is 13.2 Å². The van der Waals surface area contributed by atoms with E-state index in [2.05, 4.69) is 10.3 Å². The van der Waals surface area contributed by atoms with Gasteiger partial charge >= 0.3 is 12.1 Å². The number of halogens is 3. The first-order chi connectivity index (χ1) is 10.2. The molecule has 2 aromatic rings. The van der Waals surface area contributed by atoms with Gasteiger partial charge in [0.05, 0.1) is 6.54 Å². The maximum Gasteiger partial charge on any atom is 0.435 e. The van der Waals surface area contributed by atoms with Gasteiger partial charge < -0.3 is 5.11 Å². The molecule has 22 heavy (non-hydrogen) atoms. The fourth-order valence-corrected chi connectivity index (χ4v) is 2.03. The summed E-state index contributed by atoms with van der Waals surface area (Å²) < 4.78 is 39.6. The van der Waals surface area contributed by atoms with Gasteiger partial charge in [-0.15, -0.1) is 5.10 Å². The smallest absolute Gasteiger partial charge is 0.435 e. The van der Waals surface area contributed by atoms with Crippen LogP contribution in [0.4, 0.5) is 13.2 Å². The second-order valence-electron chi connectivity index (χ2n) is 5.14. The van der Waals surface area contributed by atoms with Crippen LogP contribution < -0.4 is 0 Å². The number of hydrogen-bond donors (Lipinski definition) is 1. The van der Waals surface area contributed by atoms with Crippen LogP contribution in [-0.4, -0.2) is 26.1 Å². The molecule has 1 aromatic carbocycles. The average Bonchev–Trinajstić information content (AvgIpc) is 2.83. The van der Waals surface area contributed by atoms with E-state index < -0.39 is 23.5 Å². The number of rotatable bonds is 4. The van der Waals surface area contributed by atoms with E-state index in [1.165, 1.54) is 0 Å². The summed E-state index contributed by atoms with van der Waals surface area (Å²) in [6, 6.07) is 7.03.